The van der Waals surface area contributed by atoms with Gasteiger partial charge in [-0.25, -0.2) is 0 Å². The van der Waals surface area contributed by atoms with Gasteiger partial charge in [0.15, 0.2) is 44.0 Å². The quantitative estimate of drug-likeness (QED) is 0.0580. The molecule has 35 heteroatoms. The second kappa shape index (κ2) is 34.0. The number of ether oxygens (including phenoxy) is 26. The van der Waals surface area contributed by atoms with Gasteiger partial charge in [0.1, 0.15) is 171 Å². The Hall–Kier alpha value is -1.40. The molecule has 0 aromatic heterocycles. The minimum atomic E-state index is -1.72. The Labute approximate surface area is 514 Å². The number of methoxy groups -OCH3 is 12. The molecule has 14 bridgehead atoms. The van der Waals surface area contributed by atoms with E-state index in [-0.39, 0.29) is 0 Å². The summed E-state index contributed by atoms with van der Waals surface area (Å²) in [7, 11) is 15.9. The molecule has 21 rings (SSSR count). The second-order valence-corrected chi connectivity index (χ2v) is 22.2. The van der Waals surface area contributed by atoms with E-state index in [1.54, 1.807) is 0 Å². The molecule has 21 heterocycles. The third-order valence-electron chi connectivity index (χ3n) is 17.8. The van der Waals surface area contributed by atoms with Gasteiger partial charge in [-0.3, -0.25) is 0 Å². The highest BCUT2D eigenvalue weighted by Gasteiger charge is 2.61. The molecule has 0 amide bonds. The number of aliphatic hydroxyl groups is 9. The molecule has 9 N–H and O–H groups in total. The van der Waals surface area contributed by atoms with Gasteiger partial charge < -0.3 is 169 Å². The molecule has 21 fully saturated rings. The molecular formula is C54H94O35. The summed E-state index contributed by atoms with van der Waals surface area (Å²) in [6, 6.07) is 0. The summed E-state index contributed by atoms with van der Waals surface area (Å²) in [4.78, 5) is 0. The maximum Gasteiger partial charge on any atom is 0.187 e. The zero-order valence-electron chi connectivity index (χ0n) is 51.8. The molecule has 0 aromatic carbocycles. The van der Waals surface area contributed by atoms with Crippen LogP contribution in [-0.2, 0) is 123 Å². The maximum atomic E-state index is 12.1. The molecule has 35 unspecified atom stereocenters. The van der Waals surface area contributed by atoms with Crippen LogP contribution in [0.15, 0.2) is 0 Å². The van der Waals surface area contributed by atoms with Crippen molar-refractivity contribution in [3.05, 3.63) is 0 Å². The minimum Gasteiger partial charge on any atom is -0.394 e. The van der Waals surface area contributed by atoms with Gasteiger partial charge in [-0.15, -0.1) is 0 Å². The smallest absolute Gasteiger partial charge is 0.187 e. The standard InChI is InChI=1S/C54H94O35/c1-64-36-28(63)30-21(14-56)76-48(36)83-29-20(13-55)77-49(37(65-2)27(29)62)85-31-22(15-57)79-51(44(72-9)38(31)66-3)87-33-24(17-59)81-53(46(74-11)40(33)68-5)89-35-26(19-61)82-54(47(75-12)42(35)70-7)88-34-25(18-60)80-52(45(73-10)41(34)69-6)86-32-23(16-58)78-50(84-30)43(71-8)39(32)67-4/h20-63H,13-19H2,1-12H3. The van der Waals surface area contributed by atoms with Gasteiger partial charge in [-0.1, -0.05) is 0 Å². The van der Waals surface area contributed by atoms with E-state index in [0.717, 1.165) is 0 Å². The molecule has 0 radical (unpaired) electrons. The van der Waals surface area contributed by atoms with Crippen LogP contribution in [0.3, 0.4) is 0 Å². The Balaban J connectivity index is 1.17. The van der Waals surface area contributed by atoms with Crippen LogP contribution in [0.2, 0.25) is 0 Å². The molecular weight excluding hydrogens is 1210 g/mol. The molecule has 21 aliphatic rings. The highest BCUT2D eigenvalue weighted by molar-refractivity contribution is 5.03. The molecule has 35 nitrogen and oxygen atoms in total. The molecule has 0 aliphatic carbocycles. The zero-order valence-corrected chi connectivity index (χ0v) is 51.8. The predicted molar refractivity (Wildman–Crippen MR) is 286 cm³/mol. The largest absolute Gasteiger partial charge is 0.394 e. The molecule has 0 spiro atoms. The van der Waals surface area contributed by atoms with Crippen LogP contribution in [0.25, 0.3) is 0 Å². The van der Waals surface area contributed by atoms with E-state index in [2.05, 4.69) is 0 Å². The van der Waals surface area contributed by atoms with Crippen LogP contribution in [0.1, 0.15) is 0 Å². The lowest BCUT2D eigenvalue weighted by molar-refractivity contribution is -0.402. The van der Waals surface area contributed by atoms with E-state index in [1.165, 1.54) is 85.3 Å². The highest BCUT2D eigenvalue weighted by atomic mass is 16.8. The van der Waals surface area contributed by atoms with Gasteiger partial charge in [0.25, 0.3) is 0 Å². The molecule has 21 saturated heterocycles. The minimum absolute atomic E-state index is 0.704. The SMILES string of the molecule is COC1C2OC(CO)C(OC3OC(CO)C(OC4OC(CO)C(OC5OC(CO)C(OC6OC(CO)C(OC7OC(CO)C(OC8OC(CO)C(O2)C(OC)C8OC)C(OC)C7OC)C(OC)C6OC)C(OC)C5OC)C(OC)C4OC)C(O)C3OC)C1O. The molecule has 35 atom stereocenters. The van der Waals surface area contributed by atoms with Gasteiger partial charge in [-0.2, -0.15) is 0 Å². The Morgan fingerprint density at radius 2 is 0.326 bits per heavy atom. The summed E-state index contributed by atoms with van der Waals surface area (Å²) >= 11 is 0. The summed E-state index contributed by atoms with van der Waals surface area (Å²) in [5.74, 6) is 0. The van der Waals surface area contributed by atoms with Crippen molar-refractivity contribution in [2.45, 2.75) is 215 Å². The lowest BCUT2D eigenvalue weighted by Gasteiger charge is -2.52. The van der Waals surface area contributed by atoms with Crippen molar-refractivity contribution in [1.82, 2.24) is 0 Å². The number of rotatable bonds is 19. The molecule has 21 aliphatic heterocycles. The third-order valence-corrected chi connectivity index (χ3v) is 17.8. The Bertz CT molecular complexity index is 2040. The Morgan fingerprint density at radius 3 is 0.472 bits per heavy atom. The van der Waals surface area contributed by atoms with Gasteiger partial charge in [0, 0.05) is 85.3 Å². The lowest BCUT2D eigenvalue weighted by Crippen LogP contribution is -2.69. The summed E-state index contributed by atoms with van der Waals surface area (Å²) in [6.07, 6.45) is -47.4. The summed E-state index contributed by atoms with van der Waals surface area (Å²) in [5, 5.41) is 101. The topological polar surface area (TPSA) is 422 Å². The Kier molecular flexibility index (Phi) is 28.0. The maximum absolute atomic E-state index is 12.1. The summed E-state index contributed by atoms with van der Waals surface area (Å²) in [6.45, 7) is -5.22. The van der Waals surface area contributed by atoms with Crippen LogP contribution in [0.4, 0.5) is 0 Å². The molecule has 89 heavy (non-hydrogen) atoms. The van der Waals surface area contributed by atoms with E-state index in [9.17, 15) is 46.0 Å². The number of hydrogen-bond acceptors (Lipinski definition) is 35. The zero-order chi connectivity index (χ0) is 64.5. The first-order chi connectivity index (χ1) is 43.1. The van der Waals surface area contributed by atoms with E-state index in [1.807, 2.05) is 0 Å². The predicted octanol–water partition coefficient (Wildman–Crippen LogP) is -7.38. The van der Waals surface area contributed by atoms with Crippen molar-refractivity contribution in [2.24, 2.45) is 0 Å². The first-order valence-electron chi connectivity index (χ1n) is 29.2. The van der Waals surface area contributed by atoms with Crippen molar-refractivity contribution in [3.8, 4) is 0 Å². The van der Waals surface area contributed by atoms with Crippen molar-refractivity contribution < 1.29 is 169 Å². The molecule has 520 valence electrons. The van der Waals surface area contributed by atoms with Crippen LogP contribution >= 0.6 is 0 Å². The molecule has 0 saturated carbocycles. The highest BCUT2D eigenvalue weighted by Crippen LogP contribution is 2.42. The van der Waals surface area contributed by atoms with Crippen LogP contribution in [0, 0.1) is 0 Å². The van der Waals surface area contributed by atoms with Crippen molar-refractivity contribution in [2.75, 3.05) is 132 Å². The first kappa shape index (κ1) is 73.4. The monoisotopic (exact) mass is 1300 g/mol. The van der Waals surface area contributed by atoms with Crippen LogP contribution < -0.4 is 0 Å². The van der Waals surface area contributed by atoms with Crippen molar-refractivity contribution in [3.63, 3.8) is 0 Å². The third kappa shape index (κ3) is 14.8. The normalized spacial score (nSPS) is 49.5. The fraction of sp³-hybridized carbons (Fsp3) is 1.00. The van der Waals surface area contributed by atoms with Gasteiger partial charge in [0.2, 0.25) is 0 Å². The van der Waals surface area contributed by atoms with Crippen LogP contribution in [-0.4, -0.2) is 392 Å². The van der Waals surface area contributed by atoms with E-state index in [4.69, 9.17) is 123 Å². The van der Waals surface area contributed by atoms with E-state index in [0.29, 0.717) is 0 Å². The number of hydrogen-bond donors (Lipinski definition) is 9. The number of aliphatic hydroxyl groups excluding tert-OH is 9. The van der Waals surface area contributed by atoms with Gasteiger partial charge >= 0.3 is 0 Å². The average Bonchev–Trinajstić information content (AvgIpc) is 1.12. The first-order valence-corrected chi connectivity index (χ1v) is 29.2. The van der Waals surface area contributed by atoms with Crippen molar-refractivity contribution in [1.29, 1.82) is 0 Å². The Morgan fingerprint density at radius 1 is 0.191 bits per heavy atom. The average molecular weight is 1300 g/mol. The molecule has 0 aromatic rings. The van der Waals surface area contributed by atoms with E-state index >= 15 is 0 Å². The second-order valence-electron chi connectivity index (χ2n) is 22.2. The van der Waals surface area contributed by atoms with E-state index < -0.39 is 261 Å². The summed E-state index contributed by atoms with van der Waals surface area (Å²) < 4.78 is 162. The van der Waals surface area contributed by atoms with Crippen molar-refractivity contribution >= 4 is 0 Å². The van der Waals surface area contributed by atoms with Gasteiger partial charge in [-0.05, 0) is 0 Å². The fourth-order valence-corrected chi connectivity index (χ4v) is 13.3. The summed E-state index contributed by atoms with van der Waals surface area (Å²) in [5.41, 5.74) is 0. The van der Waals surface area contributed by atoms with Gasteiger partial charge in [0.05, 0.1) is 46.2 Å². The fourth-order valence-electron chi connectivity index (χ4n) is 13.3. The lowest BCUT2D eigenvalue weighted by atomic mass is 9.94. The van der Waals surface area contributed by atoms with Crippen LogP contribution in [0.5, 0.6) is 0 Å².